The third kappa shape index (κ3) is 7.26. The second kappa shape index (κ2) is 12.1. The third-order valence-corrected chi connectivity index (χ3v) is 7.15. The number of rotatable bonds is 9. The largest absolute Gasteiger partial charge is 0.212 e. The predicted octanol–water partition coefficient (Wildman–Crippen LogP) is 6.74. The second-order valence-corrected chi connectivity index (χ2v) is 9.77. The molecule has 2 nitrogen and oxygen atoms in total. The van der Waals surface area contributed by atoms with Crippen molar-refractivity contribution in [3.8, 4) is 0 Å². The lowest BCUT2D eigenvalue weighted by molar-refractivity contribution is -0.381. The monoisotopic (exact) mass is 454 g/mol. The van der Waals surface area contributed by atoms with Crippen molar-refractivity contribution in [3.63, 3.8) is 0 Å². The van der Waals surface area contributed by atoms with Crippen molar-refractivity contribution in [2.24, 2.45) is 0 Å². The molecule has 0 saturated carbocycles. The minimum absolute atomic E-state index is 1.01. The van der Waals surface area contributed by atoms with E-state index in [1.807, 2.05) is 58.2 Å². The van der Waals surface area contributed by atoms with Crippen LogP contribution in [0.25, 0.3) is 24.3 Å². The summed E-state index contributed by atoms with van der Waals surface area (Å²) < 4.78 is 0. The van der Waals surface area contributed by atoms with Gasteiger partial charge in [0.25, 0.3) is 0 Å². The minimum atomic E-state index is 1.01. The smallest absolute Gasteiger partial charge is 0.203 e. The standard InChI is InChI=1S/C28H24N2S2/c1-3-19-29-27(5-1)17-15-23-7-11-25(12-8-23)21-31-32-22-26-13-9-24(10-14-26)16-18-28-6-2-4-20-30-28/h1-20H,21-22H2/p+2/b17-15+,18-16+. The van der Waals surface area contributed by atoms with Crippen LogP contribution in [0.15, 0.2) is 97.3 Å². The lowest BCUT2D eigenvalue weighted by atomic mass is 10.1. The van der Waals surface area contributed by atoms with Crippen LogP contribution in [0.3, 0.4) is 0 Å². The van der Waals surface area contributed by atoms with Crippen LogP contribution < -0.4 is 9.97 Å². The lowest BCUT2D eigenvalue weighted by Gasteiger charge is -2.03. The van der Waals surface area contributed by atoms with E-state index in [4.69, 9.17) is 0 Å². The molecule has 0 amide bonds. The topological polar surface area (TPSA) is 28.3 Å². The Morgan fingerprint density at radius 3 is 1.31 bits per heavy atom. The van der Waals surface area contributed by atoms with Crippen LogP contribution in [-0.4, -0.2) is 0 Å². The molecule has 0 fully saturated rings. The summed E-state index contributed by atoms with van der Waals surface area (Å²) in [5.74, 6) is 2.02. The third-order valence-electron chi connectivity index (χ3n) is 4.87. The van der Waals surface area contributed by atoms with E-state index >= 15 is 0 Å². The molecule has 0 aliphatic heterocycles. The van der Waals surface area contributed by atoms with E-state index in [9.17, 15) is 0 Å². The van der Waals surface area contributed by atoms with E-state index in [1.54, 1.807) is 0 Å². The Labute approximate surface area is 197 Å². The maximum absolute atomic E-state index is 3.22. The van der Waals surface area contributed by atoms with Crippen LogP contribution >= 0.6 is 21.6 Å². The van der Waals surface area contributed by atoms with Crippen molar-refractivity contribution < 1.29 is 9.97 Å². The van der Waals surface area contributed by atoms with Crippen molar-refractivity contribution >= 4 is 45.9 Å². The zero-order valence-electron chi connectivity index (χ0n) is 17.8. The zero-order valence-corrected chi connectivity index (χ0v) is 19.4. The number of pyridine rings is 2. The van der Waals surface area contributed by atoms with Crippen LogP contribution in [0.1, 0.15) is 33.6 Å². The average molecular weight is 455 g/mol. The Bertz CT molecular complexity index is 1040. The highest BCUT2D eigenvalue weighted by Crippen LogP contribution is 2.29. The summed E-state index contributed by atoms with van der Waals surface area (Å²) in [5, 5.41) is 0. The summed E-state index contributed by atoms with van der Waals surface area (Å²) in [4.78, 5) is 6.43. The molecule has 2 aromatic heterocycles. The number of H-pyrrole nitrogens is 2. The fourth-order valence-corrected chi connectivity index (χ4v) is 5.20. The van der Waals surface area contributed by atoms with Gasteiger partial charge in [-0.05, 0) is 46.5 Å². The van der Waals surface area contributed by atoms with Crippen molar-refractivity contribution in [1.82, 2.24) is 0 Å². The maximum atomic E-state index is 3.22. The molecule has 0 bridgehead atoms. The molecular weight excluding hydrogens is 428 g/mol. The second-order valence-electron chi connectivity index (χ2n) is 7.31. The first-order valence-corrected chi connectivity index (χ1v) is 13.1. The zero-order chi connectivity index (χ0) is 21.8. The Hall–Kier alpha value is -3.08. The first-order chi connectivity index (χ1) is 15.8. The van der Waals surface area contributed by atoms with Gasteiger partial charge in [0.05, 0.1) is 0 Å². The first-order valence-electron chi connectivity index (χ1n) is 10.6. The molecule has 2 N–H and O–H groups in total. The Morgan fingerprint density at radius 1 is 0.500 bits per heavy atom. The molecule has 4 aromatic rings. The fraction of sp³-hybridized carbons (Fsp3) is 0.0714. The Kier molecular flexibility index (Phi) is 8.36. The van der Waals surface area contributed by atoms with Crippen molar-refractivity contribution in [1.29, 1.82) is 0 Å². The summed E-state index contributed by atoms with van der Waals surface area (Å²) in [5.41, 5.74) is 7.32. The molecule has 0 atom stereocenters. The predicted molar refractivity (Wildman–Crippen MR) is 139 cm³/mol. The van der Waals surface area contributed by atoms with Gasteiger partial charge in [0.15, 0.2) is 12.4 Å². The quantitative estimate of drug-likeness (QED) is 0.207. The molecule has 0 spiro atoms. The highest BCUT2D eigenvalue weighted by Gasteiger charge is 1.99. The SMILES string of the molecule is C(=C\c1cccc[nH+]1)/c1ccc(CSSCc2ccc(/C=C/c3cccc[nH+]3)cc2)cc1. The van der Waals surface area contributed by atoms with Gasteiger partial charge in [-0.2, -0.15) is 0 Å². The first kappa shape index (κ1) is 22.1. The molecule has 4 rings (SSSR count). The van der Waals surface area contributed by atoms with Crippen molar-refractivity contribution in [2.75, 3.05) is 0 Å². The molecule has 0 radical (unpaired) electrons. The molecule has 2 aromatic carbocycles. The van der Waals surface area contributed by atoms with Crippen LogP contribution in [0.5, 0.6) is 0 Å². The average Bonchev–Trinajstić information content (AvgIpc) is 2.87. The van der Waals surface area contributed by atoms with Crippen LogP contribution in [-0.2, 0) is 11.5 Å². The molecule has 158 valence electrons. The van der Waals surface area contributed by atoms with E-state index in [2.05, 4.69) is 94.9 Å². The van der Waals surface area contributed by atoms with Gasteiger partial charge >= 0.3 is 0 Å². The molecule has 0 aliphatic rings. The summed E-state index contributed by atoms with van der Waals surface area (Å²) >= 11 is 0. The van der Waals surface area contributed by atoms with E-state index in [1.165, 1.54) is 22.3 Å². The number of aromatic amines is 2. The van der Waals surface area contributed by atoms with Crippen LogP contribution in [0.2, 0.25) is 0 Å². The number of aromatic nitrogens is 2. The van der Waals surface area contributed by atoms with Crippen molar-refractivity contribution in [3.05, 3.63) is 131 Å². The number of hydrogen-bond acceptors (Lipinski definition) is 2. The summed E-state index contributed by atoms with van der Waals surface area (Å²) in [7, 11) is 3.81. The van der Waals surface area contributed by atoms with Gasteiger partial charge in [-0.15, -0.1) is 0 Å². The van der Waals surface area contributed by atoms with Gasteiger partial charge in [-0.3, -0.25) is 0 Å². The molecule has 0 aliphatic carbocycles. The summed E-state index contributed by atoms with van der Waals surface area (Å²) in [6.07, 6.45) is 12.3. The Morgan fingerprint density at radius 2 is 0.938 bits per heavy atom. The Balaban J connectivity index is 1.19. The van der Waals surface area contributed by atoms with Crippen LogP contribution in [0.4, 0.5) is 0 Å². The highest BCUT2D eigenvalue weighted by atomic mass is 33.1. The molecule has 4 heteroatoms. The number of benzene rings is 2. The lowest BCUT2D eigenvalue weighted by Crippen LogP contribution is -2.03. The summed E-state index contributed by atoms with van der Waals surface area (Å²) in [6, 6.07) is 29.7. The van der Waals surface area contributed by atoms with Gasteiger partial charge in [0.2, 0.25) is 11.4 Å². The molecule has 2 heterocycles. The summed E-state index contributed by atoms with van der Waals surface area (Å²) in [6.45, 7) is 0. The normalized spacial score (nSPS) is 11.4. The maximum Gasteiger partial charge on any atom is 0.203 e. The van der Waals surface area contributed by atoms with E-state index in [-0.39, 0.29) is 0 Å². The molecule has 32 heavy (non-hydrogen) atoms. The fourth-order valence-electron chi connectivity index (χ4n) is 3.06. The molecule has 0 unspecified atom stereocenters. The molecule has 0 saturated heterocycles. The van der Waals surface area contributed by atoms with E-state index in [0.29, 0.717) is 0 Å². The van der Waals surface area contributed by atoms with E-state index < -0.39 is 0 Å². The number of hydrogen-bond donors (Lipinski definition) is 0. The minimum Gasteiger partial charge on any atom is -0.212 e. The highest BCUT2D eigenvalue weighted by molar-refractivity contribution is 8.76. The van der Waals surface area contributed by atoms with Gasteiger partial charge in [-0.25, -0.2) is 9.97 Å². The van der Waals surface area contributed by atoms with Gasteiger partial charge < -0.3 is 0 Å². The van der Waals surface area contributed by atoms with Gasteiger partial charge in [-0.1, -0.05) is 70.1 Å². The van der Waals surface area contributed by atoms with E-state index in [0.717, 1.165) is 22.9 Å². The van der Waals surface area contributed by atoms with Crippen LogP contribution in [0, 0.1) is 0 Å². The number of nitrogens with one attached hydrogen (secondary N) is 2. The van der Waals surface area contributed by atoms with Gasteiger partial charge in [0, 0.05) is 47.9 Å². The van der Waals surface area contributed by atoms with Crippen molar-refractivity contribution in [2.45, 2.75) is 11.5 Å². The van der Waals surface area contributed by atoms with Gasteiger partial charge in [0.1, 0.15) is 0 Å². The molecular formula is C28H26N2S2+2.